The summed E-state index contributed by atoms with van der Waals surface area (Å²) < 4.78 is 79.2. The van der Waals surface area contributed by atoms with E-state index in [1.165, 1.54) is 25.7 Å². The van der Waals surface area contributed by atoms with E-state index in [-0.39, 0.29) is 19.5 Å². The van der Waals surface area contributed by atoms with E-state index in [4.69, 9.17) is 28.0 Å². The maximum Gasteiger partial charge on any atom is 0.673 e. The molecule has 3 aliphatic rings. The molecular formula is C46H48BF4O6P2Rh-. The molecule has 0 unspecified atom stereocenters. The summed E-state index contributed by atoms with van der Waals surface area (Å²) in [6, 6.07) is 51.4. The van der Waals surface area contributed by atoms with Gasteiger partial charge in [-0.3, -0.25) is 0 Å². The molecule has 2 saturated heterocycles. The topological polar surface area (TPSA) is 55.4 Å². The Hall–Kier alpha value is -3.39. The van der Waals surface area contributed by atoms with E-state index in [9.17, 15) is 17.3 Å². The predicted molar refractivity (Wildman–Crippen MR) is 231 cm³/mol. The van der Waals surface area contributed by atoms with E-state index < -0.39 is 60.5 Å². The predicted octanol–water partition coefficient (Wildman–Crippen LogP) is 10.3. The van der Waals surface area contributed by atoms with E-state index in [1.807, 2.05) is 78.9 Å². The fourth-order valence-electron chi connectivity index (χ4n) is 6.64. The SMILES string of the molecule is C1=C\CC/C=C\CC/1.CO[C@H]1O[C@@H]2CO[C@@H](c3ccccc3)O[C@H]2[C@H](OP(c2ccccc2)c2ccccc2)[C@H]1OP(c1ccccc1)c1ccccc1.F[B-](F)(F)F.[Rh]. The zero-order valence-corrected chi connectivity index (χ0v) is 36.4. The van der Waals surface area contributed by atoms with Crippen LogP contribution in [0.1, 0.15) is 37.5 Å². The first kappa shape index (κ1) is 47.7. The van der Waals surface area contributed by atoms with Crippen LogP contribution < -0.4 is 21.2 Å². The van der Waals surface area contributed by atoms with Crippen LogP contribution in [-0.4, -0.2) is 51.7 Å². The van der Waals surface area contributed by atoms with Crippen molar-refractivity contribution in [1.29, 1.82) is 0 Å². The molecule has 8 rings (SSSR count). The van der Waals surface area contributed by atoms with Gasteiger partial charge in [-0.25, -0.2) is 0 Å². The molecule has 60 heavy (non-hydrogen) atoms. The van der Waals surface area contributed by atoms with Gasteiger partial charge in [0.1, 0.15) is 24.4 Å². The molecule has 0 saturated carbocycles. The number of hydrogen-bond donors (Lipinski definition) is 0. The molecule has 5 aromatic carbocycles. The van der Waals surface area contributed by atoms with E-state index in [1.54, 1.807) is 7.11 Å². The van der Waals surface area contributed by atoms with Crippen molar-refractivity contribution in [2.45, 2.75) is 62.7 Å². The van der Waals surface area contributed by atoms with Crippen molar-refractivity contribution in [2.24, 2.45) is 0 Å². The van der Waals surface area contributed by atoms with Gasteiger partial charge in [-0.05, 0) is 25.7 Å². The number of allylic oxidation sites excluding steroid dienone is 4. The zero-order chi connectivity index (χ0) is 41.3. The summed E-state index contributed by atoms with van der Waals surface area (Å²) in [6.07, 6.45) is 10.6. The first-order chi connectivity index (χ1) is 28.8. The average molecular weight is 949 g/mol. The van der Waals surface area contributed by atoms with Crippen LogP contribution in [0.4, 0.5) is 17.3 Å². The van der Waals surface area contributed by atoms with Crippen LogP contribution in [0.25, 0.3) is 0 Å². The molecule has 0 amide bonds. The van der Waals surface area contributed by atoms with Crippen LogP contribution in [0.5, 0.6) is 0 Å². The van der Waals surface area contributed by atoms with Crippen LogP contribution in [0.3, 0.4) is 0 Å². The third-order valence-electron chi connectivity index (χ3n) is 9.34. The standard InChI is InChI=1S/C38H36O6P2.C8H12.BF4.Rh/c1-39-38-36(44-46(31-23-13-5-14-24-31)32-25-15-6-16-26-32)35(34-33(41-38)27-40-37(42-34)28-17-7-2-8-18-28)43-45(29-19-9-3-10-20-29)30-21-11-4-12-22-30;1-2-4-6-8-7-5-3-1;2-1(3,4)5;/h2-26,33-38H,27H2,1H3;1-2,7-8H,3-6H2;;/q;;-1;/b;2-1-,8-7-;;/t33-,34-,35+,36-,37-,38+;;;/m1.../s1. The molecule has 1 radical (unpaired) electrons. The minimum Gasteiger partial charge on any atom is -0.418 e. The quantitative estimate of drug-likeness (QED) is 0.0602. The van der Waals surface area contributed by atoms with Gasteiger partial charge in [-0.2, -0.15) is 0 Å². The number of rotatable bonds is 10. The van der Waals surface area contributed by atoms with Gasteiger partial charge in [0.25, 0.3) is 0 Å². The second kappa shape index (κ2) is 24.9. The Morgan fingerprint density at radius 2 is 0.867 bits per heavy atom. The average Bonchev–Trinajstić information content (AvgIpc) is 3.25. The maximum atomic E-state index is 9.75. The number of halogens is 4. The van der Waals surface area contributed by atoms with Crippen molar-refractivity contribution in [1.82, 2.24) is 0 Å². The third-order valence-corrected chi connectivity index (χ3v) is 13.3. The first-order valence-electron chi connectivity index (χ1n) is 19.6. The van der Waals surface area contributed by atoms with Gasteiger partial charge in [-0.1, -0.05) is 176 Å². The maximum absolute atomic E-state index is 9.75. The molecular weight excluding hydrogens is 900 g/mol. The first-order valence-corrected chi connectivity index (χ1v) is 22.1. The Morgan fingerprint density at radius 1 is 0.517 bits per heavy atom. The number of hydrogen-bond acceptors (Lipinski definition) is 6. The van der Waals surface area contributed by atoms with Gasteiger partial charge in [0.15, 0.2) is 12.6 Å². The van der Waals surface area contributed by atoms with Gasteiger partial charge in [-0.15, -0.1) is 0 Å². The number of ether oxygens (including phenoxy) is 4. The molecule has 0 aromatic heterocycles. The summed E-state index contributed by atoms with van der Waals surface area (Å²) in [7, 11) is -6.88. The summed E-state index contributed by atoms with van der Waals surface area (Å²) in [5.41, 5.74) is 0.940. The summed E-state index contributed by atoms with van der Waals surface area (Å²) in [5.74, 6) is 0. The monoisotopic (exact) mass is 948 g/mol. The largest absolute Gasteiger partial charge is 0.673 e. The van der Waals surface area contributed by atoms with E-state index in [2.05, 4.69) is 97.1 Å². The fraction of sp³-hybridized carbons (Fsp3) is 0.261. The van der Waals surface area contributed by atoms with Crippen LogP contribution >= 0.6 is 16.3 Å². The van der Waals surface area contributed by atoms with Gasteiger partial charge in [0.2, 0.25) is 0 Å². The molecule has 2 heterocycles. The summed E-state index contributed by atoms with van der Waals surface area (Å²) in [5, 5.41) is 4.37. The summed E-state index contributed by atoms with van der Waals surface area (Å²) >= 11 is 0. The smallest absolute Gasteiger partial charge is 0.418 e. The Balaban J connectivity index is 0.000000420. The Bertz CT molecular complexity index is 1880. The van der Waals surface area contributed by atoms with Gasteiger partial charge < -0.3 is 45.3 Å². The van der Waals surface area contributed by atoms with Crippen molar-refractivity contribution in [3.63, 3.8) is 0 Å². The molecule has 0 N–H and O–H groups in total. The van der Waals surface area contributed by atoms with Crippen LogP contribution in [0, 0.1) is 0 Å². The van der Waals surface area contributed by atoms with Crippen molar-refractivity contribution < 1.29 is 64.7 Å². The van der Waals surface area contributed by atoms with Gasteiger partial charge in [0, 0.05) is 53.4 Å². The Morgan fingerprint density at radius 3 is 1.23 bits per heavy atom. The molecule has 2 fully saturated rings. The van der Waals surface area contributed by atoms with E-state index in [0.717, 1.165) is 26.8 Å². The minimum atomic E-state index is -6.00. The molecule has 319 valence electrons. The van der Waals surface area contributed by atoms with Crippen molar-refractivity contribution >= 4 is 44.8 Å². The fourth-order valence-corrected chi connectivity index (χ4v) is 10.4. The normalized spacial score (nSPS) is 23.5. The van der Waals surface area contributed by atoms with E-state index in [0.29, 0.717) is 6.61 Å². The molecule has 0 bridgehead atoms. The summed E-state index contributed by atoms with van der Waals surface area (Å²) in [6.45, 7) is 0.331. The zero-order valence-electron chi connectivity index (χ0n) is 33.0. The van der Waals surface area contributed by atoms with Gasteiger partial charge in [0.05, 0.1) is 22.9 Å². The van der Waals surface area contributed by atoms with Crippen molar-refractivity contribution in [3.05, 3.63) is 182 Å². The number of fused-ring (bicyclic) bond motifs is 1. The van der Waals surface area contributed by atoms with Crippen molar-refractivity contribution in [2.75, 3.05) is 13.7 Å². The summed E-state index contributed by atoms with van der Waals surface area (Å²) in [4.78, 5) is 0. The molecule has 6 atom stereocenters. The van der Waals surface area contributed by atoms with Crippen LogP contribution in [-0.2, 0) is 47.5 Å². The van der Waals surface area contributed by atoms with Crippen LogP contribution in [0.2, 0.25) is 0 Å². The van der Waals surface area contributed by atoms with Crippen LogP contribution in [0.15, 0.2) is 176 Å². The van der Waals surface area contributed by atoms with E-state index >= 15 is 0 Å². The number of methoxy groups -OCH3 is 1. The molecule has 1 aliphatic carbocycles. The molecule has 0 spiro atoms. The molecule has 6 nitrogen and oxygen atoms in total. The Labute approximate surface area is 365 Å². The molecule has 2 aliphatic heterocycles. The molecule has 14 heteroatoms. The number of benzene rings is 5. The van der Waals surface area contributed by atoms with Gasteiger partial charge >= 0.3 is 7.25 Å². The molecule has 5 aromatic rings. The minimum absolute atomic E-state index is 0. The second-order valence-electron chi connectivity index (χ2n) is 13.6. The third kappa shape index (κ3) is 14.6. The second-order valence-corrected chi connectivity index (χ2v) is 17.3. The Kier molecular flexibility index (Phi) is 19.8. The van der Waals surface area contributed by atoms with Crippen molar-refractivity contribution in [3.8, 4) is 0 Å².